The second-order valence-corrected chi connectivity index (χ2v) is 5.93. The molecule has 0 aliphatic heterocycles. The first-order chi connectivity index (χ1) is 11.5. The second-order valence-electron chi connectivity index (χ2n) is 4.80. The average molecular weight is 351 g/mol. The van der Waals surface area contributed by atoms with Crippen molar-refractivity contribution in [2.75, 3.05) is 18.5 Å². The number of carbonyl (C=O) groups excluding carboxylic acids is 2. The van der Waals surface area contributed by atoms with E-state index in [-0.39, 0.29) is 19.0 Å². The molecule has 2 rings (SSSR count). The molecule has 128 valence electrons. The third kappa shape index (κ3) is 4.55. The lowest BCUT2D eigenvalue weighted by atomic mass is 10.2. The number of thiophene rings is 1. The van der Waals surface area contributed by atoms with Crippen molar-refractivity contribution < 1.29 is 23.5 Å². The Bertz CT molecular complexity index is 729. The van der Waals surface area contributed by atoms with Crippen molar-refractivity contribution in [3.63, 3.8) is 0 Å². The van der Waals surface area contributed by atoms with Gasteiger partial charge in [0.15, 0.2) is 18.2 Å². The zero-order valence-electron chi connectivity index (χ0n) is 13.4. The molecular formula is C17H18FNO4S. The average Bonchev–Trinajstić information content (AvgIpc) is 2.97. The van der Waals surface area contributed by atoms with E-state index in [1.54, 1.807) is 19.1 Å². The summed E-state index contributed by atoms with van der Waals surface area (Å²) in [6.45, 7) is 3.56. The third-order valence-corrected chi connectivity index (χ3v) is 4.27. The van der Waals surface area contributed by atoms with Gasteiger partial charge in [0.25, 0.3) is 5.91 Å². The Kier molecular flexibility index (Phi) is 6.31. The van der Waals surface area contributed by atoms with Crippen LogP contribution in [0, 0.1) is 5.82 Å². The van der Waals surface area contributed by atoms with E-state index in [2.05, 4.69) is 5.32 Å². The number of carbonyl (C=O) groups is 2. The van der Waals surface area contributed by atoms with Crippen LogP contribution in [0.4, 0.5) is 9.39 Å². The monoisotopic (exact) mass is 351 g/mol. The number of para-hydroxylation sites is 1. The van der Waals surface area contributed by atoms with Crippen molar-refractivity contribution >= 4 is 28.2 Å². The molecule has 0 bridgehead atoms. The largest absolute Gasteiger partial charge is 0.481 e. The van der Waals surface area contributed by atoms with Gasteiger partial charge in [-0.25, -0.2) is 9.18 Å². The summed E-state index contributed by atoms with van der Waals surface area (Å²) < 4.78 is 23.6. The first kappa shape index (κ1) is 17.9. The number of halogens is 1. The Morgan fingerprint density at radius 2 is 2.00 bits per heavy atom. The SMILES string of the molecule is CCOC(=O)c1cc(CC)sc1NC(=O)COc1ccccc1F. The van der Waals surface area contributed by atoms with Crippen LogP contribution in [0.5, 0.6) is 5.75 Å². The van der Waals surface area contributed by atoms with E-state index in [4.69, 9.17) is 9.47 Å². The fourth-order valence-corrected chi connectivity index (χ4v) is 2.94. The third-order valence-electron chi connectivity index (χ3n) is 3.08. The lowest BCUT2D eigenvalue weighted by molar-refractivity contribution is -0.118. The minimum absolute atomic E-state index is 0.00121. The summed E-state index contributed by atoms with van der Waals surface area (Å²) in [7, 11) is 0. The van der Waals surface area contributed by atoms with E-state index in [0.717, 1.165) is 11.3 Å². The molecule has 0 aliphatic rings. The first-order valence-corrected chi connectivity index (χ1v) is 8.33. The predicted molar refractivity (Wildman–Crippen MR) is 90.2 cm³/mol. The minimum Gasteiger partial charge on any atom is -0.481 e. The van der Waals surface area contributed by atoms with Gasteiger partial charge in [-0.05, 0) is 31.5 Å². The van der Waals surface area contributed by atoms with Crippen LogP contribution in [-0.4, -0.2) is 25.1 Å². The molecule has 0 spiro atoms. The van der Waals surface area contributed by atoms with Crippen LogP contribution in [0.25, 0.3) is 0 Å². The zero-order valence-corrected chi connectivity index (χ0v) is 14.2. The molecule has 0 atom stereocenters. The highest BCUT2D eigenvalue weighted by Crippen LogP contribution is 2.29. The maximum absolute atomic E-state index is 13.5. The van der Waals surface area contributed by atoms with Gasteiger partial charge < -0.3 is 14.8 Å². The maximum Gasteiger partial charge on any atom is 0.341 e. The molecule has 24 heavy (non-hydrogen) atoms. The Hall–Kier alpha value is -2.41. The molecule has 0 saturated heterocycles. The van der Waals surface area contributed by atoms with Gasteiger partial charge in [-0.15, -0.1) is 11.3 Å². The van der Waals surface area contributed by atoms with E-state index >= 15 is 0 Å². The number of anilines is 1. The highest BCUT2D eigenvalue weighted by molar-refractivity contribution is 7.16. The molecule has 1 N–H and O–H groups in total. The van der Waals surface area contributed by atoms with Crippen molar-refractivity contribution in [3.05, 3.63) is 46.6 Å². The summed E-state index contributed by atoms with van der Waals surface area (Å²) in [5, 5.41) is 3.04. The molecule has 0 saturated carbocycles. The van der Waals surface area contributed by atoms with Crippen molar-refractivity contribution in [1.29, 1.82) is 0 Å². The summed E-state index contributed by atoms with van der Waals surface area (Å²) in [6.07, 6.45) is 0.735. The Labute approximate surface area is 143 Å². The minimum atomic E-state index is -0.540. The van der Waals surface area contributed by atoms with Crippen molar-refractivity contribution in [1.82, 2.24) is 0 Å². The van der Waals surface area contributed by atoms with E-state index in [0.29, 0.717) is 10.6 Å². The van der Waals surface area contributed by atoms with Crippen molar-refractivity contribution in [2.24, 2.45) is 0 Å². The number of amides is 1. The molecule has 1 aromatic carbocycles. The van der Waals surface area contributed by atoms with Gasteiger partial charge in [-0.1, -0.05) is 19.1 Å². The number of aryl methyl sites for hydroxylation is 1. The lowest BCUT2D eigenvalue weighted by Gasteiger charge is -2.08. The number of benzene rings is 1. The summed E-state index contributed by atoms with van der Waals surface area (Å²) in [5.74, 6) is -1.51. The van der Waals surface area contributed by atoms with Crippen molar-refractivity contribution in [2.45, 2.75) is 20.3 Å². The molecule has 0 unspecified atom stereocenters. The summed E-state index contributed by atoms with van der Waals surface area (Å²) in [4.78, 5) is 24.9. The normalized spacial score (nSPS) is 10.3. The van der Waals surface area contributed by atoms with Crippen LogP contribution in [0.2, 0.25) is 0 Å². The van der Waals surface area contributed by atoms with Gasteiger partial charge in [0.05, 0.1) is 12.2 Å². The van der Waals surface area contributed by atoms with Crippen LogP contribution in [0.15, 0.2) is 30.3 Å². The van der Waals surface area contributed by atoms with Gasteiger partial charge in [-0.2, -0.15) is 0 Å². The Morgan fingerprint density at radius 1 is 1.25 bits per heavy atom. The number of hydrogen-bond acceptors (Lipinski definition) is 5. The van der Waals surface area contributed by atoms with Gasteiger partial charge >= 0.3 is 5.97 Å². The molecule has 1 aromatic heterocycles. The quantitative estimate of drug-likeness (QED) is 0.774. The summed E-state index contributed by atoms with van der Waals surface area (Å²) in [5.41, 5.74) is 0.318. The standard InChI is InChI=1S/C17H18FNO4S/c1-3-11-9-12(17(21)22-4-2)16(24-11)19-15(20)10-23-14-8-6-5-7-13(14)18/h5-9H,3-4,10H2,1-2H3,(H,19,20). The first-order valence-electron chi connectivity index (χ1n) is 7.52. The van der Waals surface area contributed by atoms with Crippen molar-refractivity contribution in [3.8, 4) is 5.75 Å². The fraction of sp³-hybridized carbons (Fsp3) is 0.294. The van der Waals surface area contributed by atoms with Gasteiger partial charge in [0.2, 0.25) is 0 Å². The molecule has 7 heteroatoms. The zero-order chi connectivity index (χ0) is 17.5. The molecule has 1 amide bonds. The smallest absolute Gasteiger partial charge is 0.341 e. The topological polar surface area (TPSA) is 64.6 Å². The van der Waals surface area contributed by atoms with E-state index in [1.807, 2.05) is 6.92 Å². The number of esters is 1. The second kappa shape index (κ2) is 8.44. The summed E-state index contributed by atoms with van der Waals surface area (Å²) >= 11 is 1.30. The van der Waals surface area contributed by atoms with Crippen LogP contribution < -0.4 is 10.1 Å². The molecule has 0 aliphatic carbocycles. The predicted octanol–water partition coefficient (Wildman–Crippen LogP) is 3.64. The lowest BCUT2D eigenvalue weighted by Crippen LogP contribution is -2.21. The molecule has 2 aromatic rings. The molecule has 0 fully saturated rings. The van der Waals surface area contributed by atoms with E-state index in [1.165, 1.54) is 29.5 Å². The van der Waals surface area contributed by atoms with Gasteiger partial charge in [-0.3, -0.25) is 4.79 Å². The number of ether oxygens (including phenoxy) is 2. The Balaban J connectivity index is 2.04. The van der Waals surface area contributed by atoms with E-state index < -0.39 is 17.7 Å². The number of hydrogen-bond donors (Lipinski definition) is 1. The molecule has 0 radical (unpaired) electrons. The van der Waals surface area contributed by atoms with Crippen LogP contribution in [0.3, 0.4) is 0 Å². The van der Waals surface area contributed by atoms with Gasteiger partial charge in [0, 0.05) is 4.88 Å². The fourth-order valence-electron chi connectivity index (χ4n) is 1.94. The number of nitrogens with one attached hydrogen (secondary N) is 1. The van der Waals surface area contributed by atoms with Gasteiger partial charge in [0.1, 0.15) is 5.00 Å². The molecule has 5 nitrogen and oxygen atoms in total. The summed E-state index contributed by atoms with van der Waals surface area (Å²) in [6, 6.07) is 7.54. The maximum atomic E-state index is 13.5. The highest BCUT2D eigenvalue weighted by atomic mass is 32.1. The van der Waals surface area contributed by atoms with E-state index in [9.17, 15) is 14.0 Å². The number of rotatable bonds is 7. The Morgan fingerprint density at radius 3 is 2.67 bits per heavy atom. The highest BCUT2D eigenvalue weighted by Gasteiger charge is 2.19. The van der Waals surface area contributed by atoms with Crippen LogP contribution in [-0.2, 0) is 16.0 Å². The molecular weight excluding hydrogens is 333 g/mol. The molecule has 1 heterocycles. The van der Waals surface area contributed by atoms with Crippen LogP contribution in [0.1, 0.15) is 29.1 Å². The van der Waals surface area contributed by atoms with Crippen LogP contribution >= 0.6 is 11.3 Å².